The van der Waals surface area contributed by atoms with Gasteiger partial charge in [0.1, 0.15) is 5.82 Å². The van der Waals surface area contributed by atoms with E-state index in [1.54, 1.807) is 24.0 Å². The molecule has 0 aromatic carbocycles. The molecule has 0 fully saturated rings. The second kappa shape index (κ2) is 6.85. The Morgan fingerprint density at radius 3 is 3.00 bits per heavy atom. The van der Waals surface area contributed by atoms with E-state index in [0.29, 0.717) is 12.2 Å². The fourth-order valence-corrected chi connectivity index (χ4v) is 1.70. The molecule has 0 radical (unpaired) electrons. The number of rotatable bonds is 5. The first-order chi connectivity index (χ1) is 7.22. The quantitative estimate of drug-likeness (QED) is 0.847. The van der Waals surface area contributed by atoms with Gasteiger partial charge in [-0.3, -0.25) is 4.79 Å². The Bertz CT molecular complexity index is 316. The molecule has 82 valence electrons. The number of halogens is 1. The summed E-state index contributed by atoms with van der Waals surface area (Å²) in [5.41, 5.74) is 0. The molecule has 0 bridgehead atoms. The van der Waals surface area contributed by atoms with Crippen LogP contribution in [0.1, 0.15) is 12.8 Å². The fourth-order valence-electron chi connectivity index (χ4n) is 1.03. The minimum Gasteiger partial charge on any atom is -0.311 e. The van der Waals surface area contributed by atoms with Crippen LogP contribution in [0.3, 0.4) is 0 Å². The van der Waals surface area contributed by atoms with Crippen LogP contribution in [0.15, 0.2) is 22.8 Å². The molecular formula is C10H13BrN2OS. The number of nitrogens with one attached hydrogen (secondary N) is 1. The van der Waals surface area contributed by atoms with Crippen LogP contribution < -0.4 is 5.32 Å². The maximum Gasteiger partial charge on any atom is 0.225 e. The number of amides is 1. The highest BCUT2D eigenvalue weighted by Gasteiger charge is 2.02. The molecule has 1 amide bonds. The van der Waals surface area contributed by atoms with Crippen LogP contribution in [0.2, 0.25) is 0 Å². The van der Waals surface area contributed by atoms with E-state index in [1.807, 2.05) is 12.3 Å². The van der Waals surface area contributed by atoms with Crippen molar-refractivity contribution in [1.29, 1.82) is 0 Å². The number of anilines is 1. The van der Waals surface area contributed by atoms with Gasteiger partial charge in [-0.25, -0.2) is 4.98 Å². The Balaban J connectivity index is 2.34. The number of aromatic nitrogens is 1. The molecule has 1 N–H and O–H groups in total. The smallest absolute Gasteiger partial charge is 0.225 e. The Hall–Kier alpha value is -0.550. The second-order valence-electron chi connectivity index (χ2n) is 3.01. The number of carbonyl (C=O) groups excluding carboxylic acids is 1. The maximum absolute atomic E-state index is 11.4. The summed E-state index contributed by atoms with van der Waals surface area (Å²) in [7, 11) is 0. The number of thioether (sulfide) groups is 1. The second-order valence-corrected chi connectivity index (χ2v) is 4.91. The Kier molecular flexibility index (Phi) is 5.71. The molecule has 1 rings (SSSR count). The van der Waals surface area contributed by atoms with E-state index >= 15 is 0 Å². The zero-order chi connectivity index (χ0) is 11.1. The van der Waals surface area contributed by atoms with E-state index < -0.39 is 0 Å². The first kappa shape index (κ1) is 12.5. The van der Waals surface area contributed by atoms with Crippen molar-refractivity contribution < 1.29 is 4.79 Å². The third-order valence-corrected chi connectivity index (χ3v) is 2.91. The number of hydrogen-bond donors (Lipinski definition) is 1. The van der Waals surface area contributed by atoms with Crippen molar-refractivity contribution in [1.82, 2.24) is 4.98 Å². The van der Waals surface area contributed by atoms with Gasteiger partial charge in [0.2, 0.25) is 5.91 Å². The Morgan fingerprint density at radius 1 is 1.60 bits per heavy atom. The van der Waals surface area contributed by atoms with Crippen molar-refractivity contribution in [2.24, 2.45) is 0 Å². The lowest BCUT2D eigenvalue weighted by Crippen LogP contribution is -2.12. The van der Waals surface area contributed by atoms with Gasteiger partial charge in [0.25, 0.3) is 0 Å². The molecule has 0 aliphatic rings. The highest BCUT2D eigenvalue weighted by atomic mass is 79.9. The molecule has 0 spiro atoms. The van der Waals surface area contributed by atoms with E-state index in [2.05, 4.69) is 26.2 Å². The van der Waals surface area contributed by atoms with Gasteiger partial charge in [0.05, 0.1) is 0 Å². The number of hydrogen-bond acceptors (Lipinski definition) is 3. The lowest BCUT2D eigenvalue weighted by Gasteiger charge is -2.03. The third kappa shape index (κ3) is 5.18. The molecule has 0 aliphatic heterocycles. The van der Waals surface area contributed by atoms with E-state index in [-0.39, 0.29) is 5.91 Å². The molecule has 1 aromatic rings. The molecule has 0 saturated heterocycles. The van der Waals surface area contributed by atoms with Gasteiger partial charge < -0.3 is 5.32 Å². The summed E-state index contributed by atoms with van der Waals surface area (Å²) in [5.74, 6) is 1.65. The van der Waals surface area contributed by atoms with Crippen molar-refractivity contribution in [2.75, 3.05) is 17.3 Å². The lowest BCUT2D eigenvalue weighted by atomic mass is 10.3. The fraction of sp³-hybridized carbons (Fsp3) is 0.400. The van der Waals surface area contributed by atoms with Crippen LogP contribution in [0.25, 0.3) is 0 Å². The first-order valence-corrected chi connectivity index (χ1v) is 6.81. The van der Waals surface area contributed by atoms with Gasteiger partial charge >= 0.3 is 0 Å². The van der Waals surface area contributed by atoms with E-state index in [4.69, 9.17) is 0 Å². The molecular weight excluding hydrogens is 276 g/mol. The van der Waals surface area contributed by atoms with Crippen molar-refractivity contribution in [3.63, 3.8) is 0 Å². The zero-order valence-corrected chi connectivity index (χ0v) is 10.9. The van der Waals surface area contributed by atoms with Crippen LogP contribution in [-0.2, 0) is 4.79 Å². The number of carbonyl (C=O) groups is 1. The third-order valence-electron chi connectivity index (χ3n) is 1.75. The first-order valence-electron chi connectivity index (χ1n) is 4.62. The summed E-state index contributed by atoms with van der Waals surface area (Å²) in [6.07, 6.45) is 5.16. The van der Waals surface area contributed by atoms with Gasteiger partial charge in [-0.15, -0.1) is 0 Å². The van der Waals surface area contributed by atoms with Crippen molar-refractivity contribution in [3.8, 4) is 0 Å². The van der Waals surface area contributed by atoms with E-state index in [1.165, 1.54) is 0 Å². The summed E-state index contributed by atoms with van der Waals surface area (Å²) in [6.45, 7) is 0. The van der Waals surface area contributed by atoms with Crippen LogP contribution in [0.4, 0.5) is 5.82 Å². The number of nitrogens with zero attached hydrogens (tertiary/aromatic N) is 1. The summed E-state index contributed by atoms with van der Waals surface area (Å²) < 4.78 is 0.905. The molecule has 0 aliphatic carbocycles. The van der Waals surface area contributed by atoms with Gasteiger partial charge in [0.15, 0.2) is 0 Å². The topological polar surface area (TPSA) is 42.0 Å². The highest BCUT2D eigenvalue weighted by molar-refractivity contribution is 9.10. The van der Waals surface area contributed by atoms with Crippen LogP contribution in [0, 0.1) is 0 Å². The van der Waals surface area contributed by atoms with Gasteiger partial charge in [-0.2, -0.15) is 11.8 Å². The molecule has 1 aromatic heterocycles. The van der Waals surface area contributed by atoms with E-state index in [0.717, 1.165) is 16.6 Å². The van der Waals surface area contributed by atoms with Gasteiger partial charge in [-0.1, -0.05) is 0 Å². The molecule has 5 heteroatoms. The SMILES string of the molecule is CSCCCC(=O)Nc1ccc(Br)cn1. The largest absolute Gasteiger partial charge is 0.311 e. The van der Waals surface area contributed by atoms with Crippen LogP contribution >= 0.6 is 27.7 Å². The molecule has 0 unspecified atom stereocenters. The summed E-state index contributed by atoms with van der Waals surface area (Å²) in [4.78, 5) is 15.5. The molecule has 0 atom stereocenters. The minimum atomic E-state index is 0.0267. The normalized spacial score (nSPS) is 10.0. The predicted molar refractivity (Wildman–Crippen MR) is 68.2 cm³/mol. The standard InChI is InChI=1S/C10H13BrN2OS/c1-15-6-2-3-10(14)13-9-5-4-8(11)7-12-9/h4-5,7H,2-3,6H2,1H3,(H,12,13,14). The Labute approximate surface area is 102 Å². The van der Waals surface area contributed by atoms with Crippen LogP contribution in [-0.4, -0.2) is 22.9 Å². The van der Waals surface area contributed by atoms with Crippen molar-refractivity contribution in [3.05, 3.63) is 22.8 Å². The monoisotopic (exact) mass is 288 g/mol. The molecule has 0 saturated carbocycles. The van der Waals surface area contributed by atoms with Crippen molar-refractivity contribution >= 4 is 39.4 Å². The molecule has 3 nitrogen and oxygen atoms in total. The average Bonchev–Trinajstić information content (AvgIpc) is 2.22. The summed E-state index contributed by atoms with van der Waals surface area (Å²) in [6, 6.07) is 3.63. The maximum atomic E-state index is 11.4. The van der Waals surface area contributed by atoms with Gasteiger partial charge in [-0.05, 0) is 46.5 Å². The van der Waals surface area contributed by atoms with Gasteiger partial charge in [0, 0.05) is 17.1 Å². The van der Waals surface area contributed by atoms with E-state index in [9.17, 15) is 4.79 Å². The number of pyridine rings is 1. The average molecular weight is 289 g/mol. The predicted octanol–water partition coefficient (Wildman–Crippen LogP) is 2.93. The summed E-state index contributed by atoms with van der Waals surface area (Å²) in [5, 5.41) is 2.75. The van der Waals surface area contributed by atoms with Crippen molar-refractivity contribution in [2.45, 2.75) is 12.8 Å². The molecule has 1 heterocycles. The Morgan fingerprint density at radius 2 is 2.40 bits per heavy atom. The molecule has 15 heavy (non-hydrogen) atoms. The minimum absolute atomic E-state index is 0.0267. The highest BCUT2D eigenvalue weighted by Crippen LogP contribution is 2.11. The zero-order valence-electron chi connectivity index (χ0n) is 8.50. The lowest BCUT2D eigenvalue weighted by molar-refractivity contribution is -0.116. The summed E-state index contributed by atoms with van der Waals surface area (Å²) >= 11 is 5.04. The van der Waals surface area contributed by atoms with Crippen LogP contribution in [0.5, 0.6) is 0 Å².